The van der Waals surface area contributed by atoms with Crippen LogP contribution in [-0.2, 0) is 21.4 Å². The Bertz CT molecular complexity index is 654. The molecule has 0 bridgehead atoms. The standard InChI is InChI=1S/C13H16F3NO3S2/c1-22(18,19)17-5-10(21)3-9(17)7-20-6-8-2-12(15)13(16)4-11(8)14/h2,4,9-10,21H,3,5-7H2,1H3/t9-,10+/m0/s1. The maximum Gasteiger partial charge on any atom is 0.211 e. The topological polar surface area (TPSA) is 46.6 Å². The van der Waals surface area contributed by atoms with Gasteiger partial charge in [-0.05, 0) is 12.5 Å². The average Bonchev–Trinajstić information content (AvgIpc) is 2.77. The van der Waals surface area contributed by atoms with Crippen LogP contribution in [0.1, 0.15) is 12.0 Å². The number of rotatable bonds is 5. The molecular weight excluding hydrogens is 339 g/mol. The van der Waals surface area contributed by atoms with E-state index in [1.165, 1.54) is 4.31 Å². The number of hydrogen-bond acceptors (Lipinski definition) is 4. The summed E-state index contributed by atoms with van der Waals surface area (Å²) >= 11 is 4.26. The van der Waals surface area contributed by atoms with Gasteiger partial charge in [-0.3, -0.25) is 0 Å². The summed E-state index contributed by atoms with van der Waals surface area (Å²) in [4.78, 5) is 0. The van der Waals surface area contributed by atoms with Gasteiger partial charge in [0.2, 0.25) is 10.0 Å². The highest BCUT2D eigenvalue weighted by Crippen LogP contribution is 2.25. The molecule has 1 aliphatic heterocycles. The van der Waals surface area contributed by atoms with Crippen LogP contribution in [0.5, 0.6) is 0 Å². The highest BCUT2D eigenvalue weighted by atomic mass is 32.2. The number of ether oxygens (including phenoxy) is 1. The van der Waals surface area contributed by atoms with Gasteiger partial charge in [0.15, 0.2) is 11.6 Å². The monoisotopic (exact) mass is 355 g/mol. The summed E-state index contributed by atoms with van der Waals surface area (Å²) in [5.41, 5.74) is -0.120. The lowest BCUT2D eigenvalue weighted by Crippen LogP contribution is -2.37. The van der Waals surface area contributed by atoms with Gasteiger partial charge in [-0.25, -0.2) is 21.6 Å². The van der Waals surface area contributed by atoms with Crippen LogP contribution in [0, 0.1) is 17.5 Å². The maximum absolute atomic E-state index is 13.5. The zero-order valence-corrected chi connectivity index (χ0v) is 13.5. The SMILES string of the molecule is CS(=O)(=O)N1C[C@H](S)C[C@H]1COCc1cc(F)c(F)cc1F. The zero-order valence-electron chi connectivity index (χ0n) is 11.8. The molecule has 0 aliphatic carbocycles. The zero-order chi connectivity index (χ0) is 16.5. The molecule has 1 fully saturated rings. The molecule has 22 heavy (non-hydrogen) atoms. The van der Waals surface area contributed by atoms with E-state index < -0.39 is 33.5 Å². The molecule has 0 unspecified atom stereocenters. The molecule has 0 aromatic heterocycles. The third-order valence-electron chi connectivity index (χ3n) is 3.43. The first kappa shape index (κ1) is 17.6. The molecule has 1 saturated heterocycles. The van der Waals surface area contributed by atoms with Crippen LogP contribution in [0.3, 0.4) is 0 Å². The van der Waals surface area contributed by atoms with Crippen LogP contribution in [0.15, 0.2) is 12.1 Å². The number of benzene rings is 1. The Balaban J connectivity index is 1.97. The Hall–Kier alpha value is -0.770. The highest BCUT2D eigenvalue weighted by Gasteiger charge is 2.36. The van der Waals surface area contributed by atoms with E-state index in [-0.39, 0.29) is 30.6 Å². The predicted octanol–water partition coefficient (Wildman–Crippen LogP) is 1.95. The van der Waals surface area contributed by atoms with Crippen molar-refractivity contribution in [3.63, 3.8) is 0 Å². The summed E-state index contributed by atoms with van der Waals surface area (Å²) in [5, 5.41) is -0.0941. The molecule has 4 nitrogen and oxygen atoms in total. The van der Waals surface area contributed by atoms with Gasteiger partial charge in [0.25, 0.3) is 0 Å². The van der Waals surface area contributed by atoms with Gasteiger partial charge in [-0.1, -0.05) is 0 Å². The smallest absolute Gasteiger partial charge is 0.211 e. The molecule has 124 valence electrons. The van der Waals surface area contributed by atoms with Crippen molar-refractivity contribution in [3.05, 3.63) is 35.1 Å². The summed E-state index contributed by atoms with van der Waals surface area (Å²) in [6.07, 6.45) is 1.61. The fourth-order valence-corrected chi connectivity index (χ4v) is 4.07. The van der Waals surface area contributed by atoms with Gasteiger partial charge in [0.05, 0.1) is 19.5 Å². The van der Waals surface area contributed by atoms with Crippen molar-refractivity contribution >= 4 is 22.7 Å². The van der Waals surface area contributed by atoms with E-state index in [9.17, 15) is 21.6 Å². The molecule has 2 rings (SSSR count). The van der Waals surface area contributed by atoms with E-state index in [1.807, 2.05) is 0 Å². The minimum Gasteiger partial charge on any atom is -0.375 e. The lowest BCUT2D eigenvalue weighted by molar-refractivity contribution is 0.0854. The van der Waals surface area contributed by atoms with Crippen molar-refractivity contribution in [1.29, 1.82) is 0 Å². The quantitative estimate of drug-likeness (QED) is 0.649. The second-order valence-electron chi connectivity index (χ2n) is 5.25. The van der Waals surface area contributed by atoms with Crippen molar-refractivity contribution in [2.45, 2.75) is 24.3 Å². The highest BCUT2D eigenvalue weighted by molar-refractivity contribution is 7.88. The van der Waals surface area contributed by atoms with Crippen LogP contribution in [-0.4, -0.2) is 43.4 Å². The number of halogens is 3. The van der Waals surface area contributed by atoms with Crippen LogP contribution in [0.4, 0.5) is 13.2 Å². The Morgan fingerprint density at radius 3 is 2.55 bits per heavy atom. The van der Waals surface area contributed by atoms with E-state index >= 15 is 0 Å². The molecule has 0 spiro atoms. The van der Waals surface area contributed by atoms with Gasteiger partial charge in [-0.15, -0.1) is 0 Å². The van der Waals surface area contributed by atoms with Crippen LogP contribution >= 0.6 is 12.6 Å². The molecule has 1 aromatic carbocycles. The second kappa shape index (κ2) is 6.77. The molecule has 2 atom stereocenters. The number of thiol groups is 1. The van der Waals surface area contributed by atoms with Crippen LogP contribution in [0.2, 0.25) is 0 Å². The molecule has 0 saturated carbocycles. The molecule has 1 heterocycles. The molecule has 0 radical (unpaired) electrons. The Morgan fingerprint density at radius 2 is 1.91 bits per heavy atom. The lowest BCUT2D eigenvalue weighted by atomic mass is 10.2. The first-order valence-electron chi connectivity index (χ1n) is 6.54. The van der Waals surface area contributed by atoms with E-state index in [0.717, 1.165) is 12.3 Å². The normalized spacial score (nSPS) is 23.1. The van der Waals surface area contributed by atoms with Crippen molar-refractivity contribution in [2.75, 3.05) is 19.4 Å². The molecule has 1 aromatic rings. The molecule has 0 amide bonds. The largest absolute Gasteiger partial charge is 0.375 e. The van der Waals surface area contributed by atoms with Gasteiger partial charge in [-0.2, -0.15) is 16.9 Å². The average molecular weight is 355 g/mol. The summed E-state index contributed by atoms with van der Waals surface area (Å²) in [6.45, 7) is 0.0481. The third kappa shape index (κ3) is 4.15. The summed E-state index contributed by atoms with van der Waals surface area (Å²) in [6, 6.07) is 0.788. The first-order valence-corrected chi connectivity index (χ1v) is 8.91. The summed E-state index contributed by atoms with van der Waals surface area (Å²) in [7, 11) is -3.38. The number of sulfonamides is 1. The molecule has 0 N–H and O–H groups in total. The van der Waals surface area contributed by atoms with Crippen LogP contribution < -0.4 is 0 Å². The first-order chi connectivity index (χ1) is 10.2. The van der Waals surface area contributed by atoms with Gasteiger partial charge in [0.1, 0.15) is 5.82 Å². The molecular formula is C13H16F3NO3S2. The summed E-state index contributed by atoms with van der Waals surface area (Å²) in [5.74, 6) is -3.33. The molecule has 9 heteroatoms. The van der Waals surface area contributed by atoms with Crippen molar-refractivity contribution in [1.82, 2.24) is 4.31 Å². The minimum atomic E-state index is -3.38. The van der Waals surface area contributed by atoms with Gasteiger partial charge in [0, 0.05) is 29.5 Å². The summed E-state index contributed by atoms with van der Waals surface area (Å²) < 4.78 is 69.2. The minimum absolute atomic E-state index is 0.0303. The van der Waals surface area contributed by atoms with E-state index in [2.05, 4.69) is 12.6 Å². The van der Waals surface area contributed by atoms with Crippen molar-refractivity contribution in [2.24, 2.45) is 0 Å². The fraction of sp³-hybridized carbons (Fsp3) is 0.538. The lowest BCUT2D eigenvalue weighted by Gasteiger charge is -2.21. The van der Waals surface area contributed by atoms with Gasteiger partial charge < -0.3 is 4.74 Å². The van der Waals surface area contributed by atoms with E-state index in [0.29, 0.717) is 12.5 Å². The predicted molar refractivity (Wildman–Crippen MR) is 78.7 cm³/mol. The van der Waals surface area contributed by atoms with Gasteiger partial charge >= 0.3 is 0 Å². The number of nitrogens with zero attached hydrogens (tertiary/aromatic N) is 1. The van der Waals surface area contributed by atoms with Crippen molar-refractivity contribution < 1.29 is 26.3 Å². The Morgan fingerprint density at radius 1 is 1.27 bits per heavy atom. The maximum atomic E-state index is 13.5. The van der Waals surface area contributed by atoms with Crippen LogP contribution in [0.25, 0.3) is 0 Å². The van der Waals surface area contributed by atoms with E-state index in [4.69, 9.17) is 4.74 Å². The Labute approximate surface area is 132 Å². The number of hydrogen-bond donors (Lipinski definition) is 1. The third-order valence-corrected chi connectivity index (χ3v) is 5.10. The fourth-order valence-electron chi connectivity index (χ4n) is 2.40. The van der Waals surface area contributed by atoms with Crippen molar-refractivity contribution in [3.8, 4) is 0 Å². The molecule has 1 aliphatic rings. The Kier molecular flexibility index (Phi) is 5.41. The van der Waals surface area contributed by atoms with E-state index in [1.54, 1.807) is 0 Å². The second-order valence-corrected chi connectivity index (χ2v) is 7.91.